The van der Waals surface area contributed by atoms with Gasteiger partial charge in [-0.15, -0.1) is 0 Å². The normalized spacial score (nSPS) is 12.2. The predicted molar refractivity (Wildman–Crippen MR) is 89.0 cm³/mol. The highest BCUT2D eigenvalue weighted by Gasteiger charge is 1.84. The van der Waals surface area contributed by atoms with Gasteiger partial charge < -0.3 is 0 Å². The van der Waals surface area contributed by atoms with Gasteiger partial charge in [0.2, 0.25) is 0 Å². The quantitative estimate of drug-likeness (QED) is 0.491. The molecule has 0 aliphatic heterocycles. The first-order valence-electron chi connectivity index (χ1n) is 6.63. The summed E-state index contributed by atoms with van der Waals surface area (Å²) in [6.45, 7) is 23.6. The molecule has 0 aromatic heterocycles. The van der Waals surface area contributed by atoms with Gasteiger partial charge >= 0.3 is 0 Å². The minimum Gasteiger partial charge on any atom is -0.0988 e. The van der Waals surface area contributed by atoms with Gasteiger partial charge in [0.25, 0.3) is 0 Å². The lowest BCUT2D eigenvalue weighted by Crippen LogP contribution is -1.74. The maximum Gasteiger partial charge on any atom is -0.0395 e. The highest BCUT2D eigenvalue weighted by Crippen LogP contribution is 2.05. The molecule has 0 N–H and O–H groups in total. The topological polar surface area (TPSA) is 0 Å². The van der Waals surface area contributed by atoms with E-state index in [0.29, 0.717) is 0 Å². The first-order valence-corrected chi connectivity index (χ1v) is 6.63. The minimum atomic E-state index is 1.19. The second-order valence-electron chi connectivity index (χ2n) is 3.72. The first kappa shape index (κ1) is 21.9. The van der Waals surface area contributed by atoms with E-state index in [1.165, 1.54) is 22.3 Å². The Morgan fingerprint density at radius 1 is 0.667 bits per heavy atom. The highest BCUT2D eigenvalue weighted by molar-refractivity contribution is 5.27. The average Bonchev–Trinajstić information content (AvgIpc) is 2.46. The molecular weight excluding hydrogens is 216 g/mol. The zero-order valence-corrected chi connectivity index (χ0v) is 13.7. The van der Waals surface area contributed by atoms with Gasteiger partial charge in [-0.1, -0.05) is 62.5 Å². The van der Waals surface area contributed by atoms with Crippen LogP contribution < -0.4 is 0 Å². The van der Waals surface area contributed by atoms with Gasteiger partial charge in [0, 0.05) is 0 Å². The third-order valence-corrected chi connectivity index (χ3v) is 2.72. The summed E-state index contributed by atoms with van der Waals surface area (Å²) in [5.41, 5.74) is 5.13. The third kappa shape index (κ3) is 12.8. The molecule has 0 amide bonds. The van der Waals surface area contributed by atoms with Gasteiger partial charge in [0.05, 0.1) is 0 Å². The lowest BCUT2D eigenvalue weighted by atomic mass is 10.1. The van der Waals surface area contributed by atoms with E-state index in [0.717, 1.165) is 0 Å². The van der Waals surface area contributed by atoms with Crippen molar-refractivity contribution in [3.8, 4) is 0 Å². The van der Waals surface area contributed by atoms with E-state index in [4.69, 9.17) is 0 Å². The molecule has 0 atom stereocenters. The van der Waals surface area contributed by atoms with Gasteiger partial charge in [-0.05, 0) is 52.7 Å². The molecule has 18 heavy (non-hydrogen) atoms. The standard InChI is InChI=1S/C8H14.C8H12.C2H6/c2*1-5-7(3)8(4)6-2;1-2/h5-6H,1-4H3;5-6H,1-2H2,3-4H3;1-2H3/b7-5-,8-6-;8-7-;. The van der Waals surface area contributed by atoms with Crippen molar-refractivity contribution in [2.24, 2.45) is 0 Å². The fourth-order valence-electron chi connectivity index (χ4n) is 0.777. The molecule has 0 bridgehead atoms. The van der Waals surface area contributed by atoms with Gasteiger partial charge in [0.15, 0.2) is 0 Å². The van der Waals surface area contributed by atoms with E-state index in [9.17, 15) is 0 Å². The second-order valence-corrected chi connectivity index (χ2v) is 3.72. The van der Waals surface area contributed by atoms with Crippen molar-refractivity contribution in [2.75, 3.05) is 0 Å². The van der Waals surface area contributed by atoms with Crippen molar-refractivity contribution < 1.29 is 0 Å². The average molecular weight is 248 g/mol. The Bertz CT molecular complexity index is 277. The molecular formula is C18H32. The summed E-state index contributed by atoms with van der Waals surface area (Å²) in [5, 5.41) is 0. The Morgan fingerprint density at radius 2 is 0.889 bits per heavy atom. The van der Waals surface area contributed by atoms with Crippen molar-refractivity contribution in [3.63, 3.8) is 0 Å². The predicted octanol–water partition coefficient (Wildman–Crippen LogP) is 6.64. The van der Waals surface area contributed by atoms with Crippen LogP contribution in [0.15, 0.2) is 59.8 Å². The monoisotopic (exact) mass is 248 g/mol. The van der Waals surface area contributed by atoms with E-state index in [1.807, 2.05) is 39.8 Å². The van der Waals surface area contributed by atoms with Crippen LogP contribution in [0.4, 0.5) is 0 Å². The van der Waals surface area contributed by atoms with Crippen LogP contribution in [0.25, 0.3) is 0 Å². The van der Waals surface area contributed by atoms with E-state index >= 15 is 0 Å². The molecule has 0 saturated heterocycles. The maximum atomic E-state index is 3.62. The van der Waals surface area contributed by atoms with E-state index in [1.54, 1.807) is 0 Å². The zero-order valence-electron chi connectivity index (χ0n) is 13.7. The van der Waals surface area contributed by atoms with Crippen molar-refractivity contribution in [2.45, 2.75) is 55.4 Å². The van der Waals surface area contributed by atoms with Crippen LogP contribution in [-0.2, 0) is 0 Å². The van der Waals surface area contributed by atoms with Gasteiger partial charge in [-0.3, -0.25) is 0 Å². The summed E-state index contributed by atoms with van der Waals surface area (Å²) in [7, 11) is 0. The van der Waals surface area contributed by atoms with Gasteiger partial charge in [-0.25, -0.2) is 0 Å². The molecule has 0 radical (unpaired) electrons. The Balaban J connectivity index is -0.000000219. The molecule has 0 nitrogen and oxygen atoms in total. The molecule has 0 fully saturated rings. The van der Waals surface area contributed by atoms with Crippen LogP contribution >= 0.6 is 0 Å². The number of hydrogen-bond donors (Lipinski definition) is 0. The molecule has 0 rings (SSSR count). The summed E-state index contributed by atoms with van der Waals surface area (Å²) in [4.78, 5) is 0. The smallest absolute Gasteiger partial charge is 0.0395 e. The van der Waals surface area contributed by atoms with E-state index < -0.39 is 0 Å². The Hall–Kier alpha value is -1.30. The first-order chi connectivity index (χ1) is 8.44. The number of hydrogen-bond acceptors (Lipinski definition) is 0. The molecule has 0 aromatic rings. The molecule has 0 aliphatic rings. The fraction of sp³-hybridized carbons (Fsp3) is 0.444. The minimum absolute atomic E-state index is 1.19. The zero-order chi connectivity index (χ0) is 15.1. The lowest BCUT2D eigenvalue weighted by Gasteiger charge is -1.95. The molecule has 0 heteroatoms. The SMILES string of the molecule is C/C=C(C)\C(C)=C/C.C=C/C(C)=C(/C)C=C.CC. The fourth-order valence-corrected chi connectivity index (χ4v) is 0.777. The number of rotatable bonds is 3. The van der Waals surface area contributed by atoms with Crippen LogP contribution in [0.1, 0.15) is 55.4 Å². The summed E-state index contributed by atoms with van der Waals surface area (Å²) in [6.07, 6.45) is 7.90. The maximum absolute atomic E-state index is 3.62. The highest BCUT2D eigenvalue weighted by atomic mass is 13.9. The Morgan fingerprint density at radius 3 is 1.00 bits per heavy atom. The molecule has 104 valence electrons. The van der Waals surface area contributed by atoms with Crippen LogP contribution in [0.2, 0.25) is 0 Å². The largest absolute Gasteiger partial charge is 0.0988 e. The molecule has 0 heterocycles. The van der Waals surface area contributed by atoms with E-state index in [-0.39, 0.29) is 0 Å². The molecule has 0 unspecified atom stereocenters. The van der Waals surface area contributed by atoms with Crippen LogP contribution in [-0.4, -0.2) is 0 Å². The van der Waals surface area contributed by atoms with Crippen LogP contribution in [0, 0.1) is 0 Å². The molecule has 0 saturated carbocycles. The van der Waals surface area contributed by atoms with Crippen LogP contribution in [0.3, 0.4) is 0 Å². The van der Waals surface area contributed by atoms with E-state index in [2.05, 4.69) is 53.0 Å². The van der Waals surface area contributed by atoms with Crippen LogP contribution in [0.5, 0.6) is 0 Å². The summed E-state index contributed by atoms with van der Waals surface area (Å²) in [6, 6.07) is 0. The van der Waals surface area contributed by atoms with Gasteiger partial charge in [-0.2, -0.15) is 0 Å². The van der Waals surface area contributed by atoms with Crippen molar-refractivity contribution >= 4 is 0 Å². The Kier molecular flexibility index (Phi) is 19.1. The summed E-state index contributed by atoms with van der Waals surface area (Å²) in [5.74, 6) is 0. The number of allylic oxidation sites excluding steroid dienone is 8. The Labute approximate surface area is 116 Å². The van der Waals surface area contributed by atoms with Crippen molar-refractivity contribution in [1.82, 2.24) is 0 Å². The van der Waals surface area contributed by atoms with Crippen molar-refractivity contribution in [1.29, 1.82) is 0 Å². The summed E-state index contributed by atoms with van der Waals surface area (Å²) >= 11 is 0. The molecule has 0 aromatic carbocycles. The lowest BCUT2D eigenvalue weighted by molar-refractivity contribution is 1.31. The molecule has 0 aliphatic carbocycles. The van der Waals surface area contributed by atoms with Gasteiger partial charge in [0.1, 0.15) is 0 Å². The summed E-state index contributed by atoms with van der Waals surface area (Å²) < 4.78 is 0. The third-order valence-electron chi connectivity index (χ3n) is 2.72. The second kappa shape index (κ2) is 15.7. The molecule has 0 spiro atoms. The van der Waals surface area contributed by atoms with Crippen molar-refractivity contribution in [3.05, 3.63) is 59.8 Å².